The number of amides is 1. The molecular formula is C29H26Cl2N6O3S. The number of halogens is 2. The zero-order valence-corrected chi connectivity index (χ0v) is 24.7. The number of carboxylic acids is 1. The van der Waals surface area contributed by atoms with E-state index in [1.165, 1.54) is 6.07 Å². The molecule has 4 N–H and O–H groups in total. The maximum atomic E-state index is 13.3. The van der Waals surface area contributed by atoms with E-state index in [-0.39, 0.29) is 36.8 Å². The summed E-state index contributed by atoms with van der Waals surface area (Å²) in [5.74, 6) is 5.14. The smallest absolute Gasteiger partial charge is 0.337 e. The minimum absolute atomic E-state index is 0. The molecule has 4 aromatic rings. The standard InChI is InChI=1S/C29H25ClN6O3S.ClH/c1-15-16(2)40-28-25(15)26(19-6-9-20(30)10-7-19)33-23(27-35-34-17(3)36(27)28)14-24(37)32-21-11-8-18(5-4-12-31)22(13-21)29(38)39;/h6-11,13,23H,12,14,31H2,1-3H3,(H,32,37)(H,38,39);1H/t23-;/m0./s1. The third kappa shape index (κ3) is 5.89. The van der Waals surface area contributed by atoms with Crippen LogP contribution in [0.5, 0.6) is 0 Å². The SMILES string of the molecule is Cc1sc2c(c1C)C(c1ccc(Cl)cc1)=N[C@@H](CC(=O)Nc1ccc(C#CCN)c(C(=O)O)c1)c1nnc(C)n1-2.Cl. The number of nitrogens with one attached hydrogen (secondary N) is 1. The highest BCUT2D eigenvalue weighted by Crippen LogP contribution is 2.39. The second-order valence-corrected chi connectivity index (χ2v) is 10.9. The van der Waals surface area contributed by atoms with Crippen molar-refractivity contribution in [2.75, 3.05) is 11.9 Å². The minimum Gasteiger partial charge on any atom is -0.478 e. The number of carboxylic acid groups (broad SMARTS) is 1. The van der Waals surface area contributed by atoms with Gasteiger partial charge in [-0.15, -0.1) is 33.9 Å². The van der Waals surface area contributed by atoms with Gasteiger partial charge < -0.3 is 16.2 Å². The average Bonchev–Trinajstić information content (AvgIpc) is 3.40. The lowest BCUT2D eigenvalue weighted by atomic mass is 9.99. The van der Waals surface area contributed by atoms with E-state index in [1.54, 1.807) is 23.5 Å². The van der Waals surface area contributed by atoms with Crippen molar-refractivity contribution in [1.82, 2.24) is 14.8 Å². The van der Waals surface area contributed by atoms with Gasteiger partial charge in [-0.3, -0.25) is 14.4 Å². The molecule has 1 aliphatic rings. The van der Waals surface area contributed by atoms with Gasteiger partial charge in [-0.2, -0.15) is 0 Å². The summed E-state index contributed by atoms with van der Waals surface area (Å²) in [5.41, 5.74) is 9.72. The summed E-state index contributed by atoms with van der Waals surface area (Å²) in [6.07, 6.45) is -0.0423. The van der Waals surface area contributed by atoms with Crippen LogP contribution in [0.2, 0.25) is 5.02 Å². The average molecular weight is 610 g/mol. The van der Waals surface area contributed by atoms with Crippen LogP contribution in [0.25, 0.3) is 5.00 Å². The zero-order chi connectivity index (χ0) is 28.6. The molecule has 2 aromatic carbocycles. The second-order valence-electron chi connectivity index (χ2n) is 9.23. The number of rotatable bonds is 5. The molecule has 0 spiro atoms. The summed E-state index contributed by atoms with van der Waals surface area (Å²) in [7, 11) is 0. The number of aromatic carboxylic acids is 1. The number of thiophene rings is 1. The van der Waals surface area contributed by atoms with E-state index in [4.69, 9.17) is 22.3 Å². The molecule has 9 nitrogen and oxygen atoms in total. The maximum absolute atomic E-state index is 13.3. The molecule has 1 aliphatic heterocycles. The van der Waals surface area contributed by atoms with Gasteiger partial charge in [0, 0.05) is 32.3 Å². The van der Waals surface area contributed by atoms with Gasteiger partial charge in [-0.1, -0.05) is 35.6 Å². The zero-order valence-electron chi connectivity index (χ0n) is 22.4. The largest absolute Gasteiger partial charge is 0.478 e. The van der Waals surface area contributed by atoms with Crippen molar-refractivity contribution in [2.24, 2.45) is 10.7 Å². The lowest BCUT2D eigenvalue weighted by Crippen LogP contribution is -2.17. The fourth-order valence-electron chi connectivity index (χ4n) is 4.57. The predicted octanol–water partition coefficient (Wildman–Crippen LogP) is 5.26. The Morgan fingerprint density at radius 2 is 1.88 bits per heavy atom. The van der Waals surface area contributed by atoms with E-state index in [0.29, 0.717) is 27.9 Å². The molecule has 0 aliphatic carbocycles. The summed E-state index contributed by atoms with van der Waals surface area (Å²) < 4.78 is 1.97. The molecule has 5 rings (SSSR count). The number of hydrogen-bond acceptors (Lipinski definition) is 7. The van der Waals surface area contributed by atoms with Gasteiger partial charge in [-0.25, -0.2) is 4.79 Å². The first-order valence-corrected chi connectivity index (χ1v) is 13.6. The Kier molecular flexibility index (Phi) is 8.95. The molecule has 12 heteroatoms. The number of benzene rings is 2. The monoisotopic (exact) mass is 608 g/mol. The summed E-state index contributed by atoms with van der Waals surface area (Å²) in [6.45, 7) is 6.10. The predicted molar refractivity (Wildman–Crippen MR) is 163 cm³/mol. The first kappa shape index (κ1) is 30.0. The van der Waals surface area contributed by atoms with Gasteiger partial charge in [0.1, 0.15) is 16.9 Å². The van der Waals surface area contributed by atoms with Crippen LogP contribution in [0.4, 0.5) is 5.69 Å². The van der Waals surface area contributed by atoms with Crippen molar-refractivity contribution < 1.29 is 14.7 Å². The van der Waals surface area contributed by atoms with Crippen LogP contribution in [-0.4, -0.2) is 44.0 Å². The van der Waals surface area contributed by atoms with Crippen LogP contribution in [0.1, 0.15) is 61.6 Å². The molecule has 0 bridgehead atoms. The van der Waals surface area contributed by atoms with Crippen LogP contribution in [0, 0.1) is 32.6 Å². The Balaban J connectivity index is 0.00000387. The number of carbonyl (C=O) groups excluding carboxylic acids is 1. The van der Waals surface area contributed by atoms with Gasteiger partial charge in [0.25, 0.3) is 0 Å². The normalized spacial score (nSPS) is 13.5. The van der Waals surface area contributed by atoms with Gasteiger partial charge in [0.15, 0.2) is 5.82 Å². The highest BCUT2D eigenvalue weighted by atomic mass is 35.5. The van der Waals surface area contributed by atoms with Crippen molar-refractivity contribution in [2.45, 2.75) is 33.2 Å². The number of nitrogens with two attached hydrogens (primary N) is 1. The van der Waals surface area contributed by atoms with Gasteiger partial charge in [0.05, 0.1) is 24.2 Å². The Morgan fingerprint density at radius 1 is 1.15 bits per heavy atom. The fraction of sp³-hybridized carbons (Fsp3) is 0.207. The van der Waals surface area contributed by atoms with Crippen LogP contribution < -0.4 is 11.1 Å². The molecule has 0 saturated heterocycles. The number of fused-ring (bicyclic) bond motifs is 3. The molecule has 0 unspecified atom stereocenters. The molecule has 3 heterocycles. The molecule has 0 fully saturated rings. The van der Waals surface area contributed by atoms with Crippen molar-refractivity contribution >= 4 is 58.6 Å². The molecule has 2 aromatic heterocycles. The maximum Gasteiger partial charge on any atom is 0.337 e. The highest BCUT2D eigenvalue weighted by Gasteiger charge is 2.32. The molecule has 0 radical (unpaired) electrons. The van der Waals surface area contributed by atoms with E-state index in [1.807, 2.05) is 35.8 Å². The number of aliphatic imine (C=N–C) groups is 1. The minimum atomic E-state index is -1.15. The van der Waals surface area contributed by atoms with E-state index < -0.39 is 12.0 Å². The topological polar surface area (TPSA) is 135 Å². The van der Waals surface area contributed by atoms with Crippen molar-refractivity contribution in [1.29, 1.82) is 0 Å². The summed E-state index contributed by atoms with van der Waals surface area (Å²) >= 11 is 7.80. The van der Waals surface area contributed by atoms with E-state index >= 15 is 0 Å². The first-order chi connectivity index (χ1) is 19.2. The number of aromatic nitrogens is 3. The molecule has 1 amide bonds. The Morgan fingerprint density at radius 3 is 2.56 bits per heavy atom. The molecule has 0 saturated carbocycles. The Labute approximate surface area is 251 Å². The molecule has 1 atom stereocenters. The van der Waals surface area contributed by atoms with E-state index in [9.17, 15) is 14.7 Å². The Hall–Kier alpha value is -4.01. The molecule has 41 heavy (non-hydrogen) atoms. The van der Waals surface area contributed by atoms with Crippen LogP contribution in [0.15, 0.2) is 47.5 Å². The number of anilines is 1. The van der Waals surface area contributed by atoms with Gasteiger partial charge in [0.2, 0.25) is 5.91 Å². The van der Waals surface area contributed by atoms with Crippen LogP contribution in [0.3, 0.4) is 0 Å². The lowest BCUT2D eigenvalue weighted by molar-refractivity contribution is -0.116. The number of aryl methyl sites for hydroxylation is 2. The fourth-order valence-corrected chi connectivity index (χ4v) is 5.91. The number of carbonyl (C=O) groups is 2. The van der Waals surface area contributed by atoms with E-state index in [0.717, 1.165) is 32.3 Å². The first-order valence-electron chi connectivity index (χ1n) is 12.4. The summed E-state index contributed by atoms with van der Waals surface area (Å²) in [4.78, 5) is 31.4. The van der Waals surface area contributed by atoms with Gasteiger partial charge >= 0.3 is 5.97 Å². The number of hydrogen-bond donors (Lipinski definition) is 3. The van der Waals surface area contributed by atoms with Crippen molar-refractivity contribution in [3.8, 4) is 16.8 Å². The van der Waals surface area contributed by atoms with Crippen LogP contribution >= 0.6 is 35.3 Å². The van der Waals surface area contributed by atoms with Crippen LogP contribution in [-0.2, 0) is 4.79 Å². The van der Waals surface area contributed by atoms with Crippen molar-refractivity contribution in [3.05, 3.63) is 91.8 Å². The quantitative estimate of drug-likeness (QED) is 0.264. The Bertz CT molecular complexity index is 1750. The molecular weight excluding hydrogens is 583 g/mol. The third-order valence-electron chi connectivity index (χ3n) is 6.59. The highest BCUT2D eigenvalue weighted by molar-refractivity contribution is 7.15. The molecule has 210 valence electrons. The summed E-state index contributed by atoms with van der Waals surface area (Å²) in [5, 5.41) is 22.7. The number of nitrogens with zero attached hydrogens (tertiary/aromatic N) is 4. The lowest BCUT2D eigenvalue weighted by Gasteiger charge is -2.13. The van der Waals surface area contributed by atoms with Gasteiger partial charge in [-0.05, 0) is 56.7 Å². The van der Waals surface area contributed by atoms with Crippen molar-refractivity contribution in [3.63, 3.8) is 0 Å². The third-order valence-corrected chi connectivity index (χ3v) is 8.04. The summed E-state index contributed by atoms with van der Waals surface area (Å²) in [6, 6.07) is 11.3. The van der Waals surface area contributed by atoms with E-state index in [2.05, 4.69) is 41.2 Å². The second kappa shape index (κ2) is 12.2.